The maximum Gasteiger partial charge on any atom is 0.253 e. The summed E-state index contributed by atoms with van der Waals surface area (Å²) in [5.74, 6) is -0.103. The second kappa shape index (κ2) is 15.1. The van der Waals surface area contributed by atoms with E-state index < -0.39 is 12.1 Å². The molecule has 43 heavy (non-hydrogen) atoms. The highest BCUT2D eigenvalue weighted by Crippen LogP contribution is 2.21. The van der Waals surface area contributed by atoms with Crippen molar-refractivity contribution in [3.8, 4) is 0 Å². The molecule has 11 heteroatoms. The van der Waals surface area contributed by atoms with E-state index in [2.05, 4.69) is 26.0 Å². The van der Waals surface area contributed by atoms with Crippen LogP contribution in [0.5, 0.6) is 0 Å². The average molecular weight is 588 g/mol. The Bertz CT molecular complexity index is 1390. The van der Waals surface area contributed by atoms with E-state index >= 15 is 0 Å². The molecule has 3 aromatic rings. The highest BCUT2D eigenvalue weighted by molar-refractivity contribution is 5.94. The smallest absolute Gasteiger partial charge is 0.253 e. The van der Waals surface area contributed by atoms with Gasteiger partial charge >= 0.3 is 0 Å². The van der Waals surface area contributed by atoms with Gasteiger partial charge in [0.15, 0.2) is 5.82 Å². The number of nitrogens with one attached hydrogen (secondary N) is 3. The van der Waals surface area contributed by atoms with Gasteiger partial charge in [-0.3, -0.25) is 19.2 Å². The lowest BCUT2D eigenvalue weighted by molar-refractivity contribution is -0.129. The van der Waals surface area contributed by atoms with E-state index in [9.17, 15) is 19.2 Å². The summed E-state index contributed by atoms with van der Waals surface area (Å²) in [5, 5.41) is 13.3. The molecule has 0 radical (unpaired) electrons. The number of nitrogens with zero attached hydrogens (tertiary/aromatic N) is 4. The van der Waals surface area contributed by atoms with Crippen LogP contribution in [0.15, 0.2) is 60.7 Å². The molecule has 0 fully saturated rings. The molecule has 1 aromatic heterocycles. The summed E-state index contributed by atoms with van der Waals surface area (Å²) < 4.78 is 1.52. The molecule has 0 bridgehead atoms. The molecule has 2 atom stereocenters. The first-order valence-electron chi connectivity index (χ1n) is 14.9. The van der Waals surface area contributed by atoms with Crippen LogP contribution < -0.4 is 16.0 Å². The van der Waals surface area contributed by atoms with Gasteiger partial charge in [-0.25, -0.2) is 9.67 Å². The molecule has 2 aromatic carbocycles. The van der Waals surface area contributed by atoms with Crippen LogP contribution in [-0.4, -0.2) is 69.0 Å². The summed E-state index contributed by atoms with van der Waals surface area (Å²) in [7, 11) is 0. The number of aryl methyl sites for hydroxylation is 1. The lowest BCUT2D eigenvalue weighted by atomic mass is 10.0. The number of hydrogen-bond donors (Lipinski definition) is 3. The normalized spacial score (nSPS) is 19.4. The first kappa shape index (κ1) is 31.4. The Labute approximate surface area is 252 Å². The van der Waals surface area contributed by atoms with Gasteiger partial charge < -0.3 is 20.9 Å². The molecule has 4 amide bonds. The Balaban J connectivity index is 1.60. The third-order valence-electron chi connectivity index (χ3n) is 7.34. The second-order valence-corrected chi connectivity index (χ2v) is 11.2. The molecular weight excluding hydrogens is 546 g/mol. The van der Waals surface area contributed by atoms with Gasteiger partial charge in [0, 0.05) is 38.0 Å². The zero-order valence-electron chi connectivity index (χ0n) is 25.1. The van der Waals surface area contributed by atoms with Crippen molar-refractivity contribution >= 4 is 23.6 Å². The van der Waals surface area contributed by atoms with Crippen LogP contribution in [0, 0.1) is 12.8 Å². The molecule has 0 spiro atoms. The molecule has 1 aliphatic rings. The monoisotopic (exact) mass is 587 g/mol. The number of rotatable bonds is 4. The number of aromatic nitrogens is 3. The summed E-state index contributed by atoms with van der Waals surface area (Å²) in [6.07, 6.45) is 1.42. The van der Waals surface area contributed by atoms with Crippen molar-refractivity contribution in [2.75, 3.05) is 19.6 Å². The quantitative estimate of drug-likeness (QED) is 0.429. The van der Waals surface area contributed by atoms with Crippen molar-refractivity contribution in [1.29, 1.82) is 0 Å². The molecule has 3 N–H and O–H groups in total. The summed E-state index contributed by atoms with van der Waals surface area (Å²) in [6, 6.07) is 17.1. The van der Waals surface area contributed by atoms with Gasteiger partial charge in [-0.2, -0.15) is 5.10 Å². The first-order chi connectivity index (χ1) is 20.7. The van der Waals surface area contributed by atoms with Crippen LogP contribution in [0.1, 0.15) is 66.7 Å². The minimum atomic E-state index is -0.835. The van der Waals surface area contributed by atoms with Crippen LogP contribution >= 0.6 is 0 Å². The van der Waals surface area contributed by atoms with Gasteiger partial charge in [0.2, 0.25) is 17.7 Å². The number of carbonyl (C=O) groups is 4. The number of amides is 4. The molecule has 2 heterocycles. The van der Waals surface area contributed by atoms with Crippen molar-refractivity contribution in [3.63, 3.8) is 0 Å². The predicted molar refractivity (Wildman–Crippen MR) is 162 cm³/mol. The van der Waals surface area contributed by atoms with Gasteiger partial charge in [-0.15, -0.1) is 0 Å². The van der Waals surface area contributed by atoms with Crippen molar-refractivity contribution in [1.82, 2.24) is 35.6 Å². The topological polar surface area (TPSA) is 138 Å². The van der Waals surface area contributed by atoms with Gasteiger partial charge in [0.1, 0.15) is 18.4 Å². The summed E-state index contributed by atoms with van der Waals surface area (Å²) >= 11 is 0. The van der Waals surface area contributed by atoms with Gasteiger partial charge in [0.25, 0.3) is 5.91 Å². The van der Waals surface area contributed by atoms with E-state index in [1.54, 1.807) is 24.0 Å². The zero-order valence-corrected chi connectivity index (χ0v) is 25.1. The number of fused-ring (bicyclic) bond motifs is 1. The second-order valence-electron chi connectivity index (χ2n) is 11.2. The highest BCUT2D eigenvalue weighted by atomic mass is 16.2. The average Bonchev–Trinajstić information content (AvgIpc) is 3.35. The van der Waals surface area contributed by atoms with Crippen molar-refractivity contribution in [2.24, 2.45) is 5.92 Å². The Morgan fingerprint density at radius 2 is 1.60 bits per heavy atom. The highest BCUT2D eigenvalue weighted by Gasteiger charge is 2.30. The van der Waals surface area contributed by atoms with E-state index in [-0.39, 0.29) is 42.5 Å². The standard InChI is InChI=1S/C32H41N7O4/c1-22(2)29-30-34-23(3)37-39(30)21-28(41)33-17-11-19-38(32(43)25-14-8-5-9-15-25)18-10-16-27(40)35-26(31(42)36-29)20-24-12-6-4-7-13-24/h4-9,12-15,22,26,29H,10-11,16-21H2,1-3H3,(H,33,41)(H,35,40)(H,36,42)/t26-,29+/m1/s1. The van der Waals surface area contributed by atoms with E-state index in [4.69, 9.17) is 0 Å². The summed E-state index contributed by atoms with van der Waals surface area (Å²) in [5.41, 5.74) is 1.47. The first-order valence-corrected chi connectivity index (χ1v) is 14.9. The molecule has 228 valence electrons. The molecule has 1 aliphatic heterocycles. The molecule has 0 unspecified atom stereocenters. The molecular formula is C32H41N7O4. The van der Waals surface area contributed by atoms with Crippen molar-refractivity contribution < 1.29 is 19.2 Å². The fourth-order valence-corrected chi connectivity index (χ4v) is 5.13. The van der Waals surface area contributed by atoms with E-state index in [0.29, 0.717) is 56.1 Å². The Kier molecular flexibility index (Phi) is 11.0. The summed E-state index contributed by atoms with van der Waals surface area (Å²) in [6.45, 7) is 6.73. The molecule has 0 saturated carbocycles. The minimum Gasteiger partial charge on any atom is -0.354 e. The Morgan fingerprint density at radius 3 is 2.30 bits per heavy atom. The van der Waals surface area contributed by atoms with Crippen molar-refractivity contribution in [2.45, 2.75) is 65.1 Å². The third kappa shape index (κ3) is 8.97. The Morgan fingerprint density at radius 1 is 0.930 bits per heavy atom. The third-order valence-corrected chi connectivity index (χ3v) is 7.34. The fourth-order valence-electron chi connectivity index (χ4n) is 5.13. The zero-order chi connectivity index (χ0) is 30.8. The maximum atomic E-state index is 13.7. The lowest BCUT2D eigenvalue weighted by Gasteiger charge is -2.26. The number of benzene rings is 2. The van der Waals surface area contributed by atoms with Crippen LogP contribution in [0.3, 0.4) is 0 Å². The minimum absolute atomic E-state index is 0.0634. The number of carbonyl (C=O) groups excluding carboxylic acids is 4. The van der Waals surface area contributed by atoms with E-state index in [0.717, 1.165) is 5.56 Å². The molecule has 4 rings (SSSR count). The van der Waals surface area contributed by atoms with Crippen LogP contribution in [0.4, 0.5) is 0 Å². The summed E-state index contributed by atoms with van der Waals surface area (Å²) in [4.78, 5) is 59.3. The van der Waals surface area contributed by atoms with Crippen LogP contribution in [-0.2, 0) is 27.3 Å². The van der Waals surface area contributed by atoms with Gasteiger partial charge in [0.05, 0.1) is 6.04 Å². The Hall–Kier alpha value is -4.54. The van der Waals surface area contributed by atoms with Gasteiger partial charge in [-0.05, 0) is 43.4 Å². The largest absolute Gasteiger partial charge is 0.354 e. The SMILES string of the molecule is Cc1nc2n(n1)CC(=O)NCCCN(C(=O)c1ccccc1)CCCC(=O)N[C@H](Cc1ccccc1)C(=O)N[C@H]2C(C)C. The van der Waals surface area contributed by atoms with Gasteiger partial charge in [-0.1, -0.05) is 62.4 Å². The molecule has 0 aliphatic carbocycles. The van der Waals surface area contributed by atoms with Crippen LogP contribution in [0.25, 0.3) is 0 Å². The van der Waals surface area contributed by atoms with Crippen molar-refractivity contribution in [3.05, 3.63) is 83.4 Å². The maximum absolute atomic E-state index is 13.7. The molecule has 11 nitrogen and oxygen atoms in total. The lowest BCUT2D eigenvalue weighted by Crippen LogP contribution is -2.50. The number of hydrogen-bond acceptors (Lipinski definition) is 6. The van der Waals surface area contributed by atoms with E-state index in [1.165, 1.54) is 4.68 Å². The van der Waals surface area contributed by atoms with E-state index in [1.807, 2.05) is 62.4 Å². The fraction of sp³-hybridized carbons (Fsp3) is 0.438. The molecule has 0 saturated heterocycles. The predicted octanol–water partition coefficient (Wildman–Crippen LogP) is 2.57. The van der Waals surface area contributed by atoms with Crippen LogP contribution in [0.2, 0.25) is 0 Å².